The van der Waals surface area contributed by atoms with Gasteiger partial charge in [0.15, 0.2) is 0 Å². The highest BCUT2D eigenvalue weighted by Gasteiger charge is 2.30. The Bertz CT molecular complexity index is 208. The third-order valence-electron chi connectivity index (χ3n) is 4.42. The second-order valence-electron chi connectivity index (χ2n) is 5.62. The van der Waals surface area contributed by atoms with E-state index in [2.05, 4.69) is 49.0 Å². The Kier molecular flexibility index (Phi) is 7.66. The van der Waals surface area contributed by atoms with Gasteiger partial charge in [0.25, 0.3) is 0 Å². The zero-order chi connectivity index (χ0) is 13.4. The smallest absolute Gasteiger partial charge is 0.0279 e. The second-order valence-corrected chi connectivity index (χ2v) is 6.90. The molecule has 3 heteroatoms. The van der Waals surface area contributed by atoms with Gasteiger partial charge in [-0.1, -0.05) is 20.8 Å². The molecule has 1 N–H and O–H groups in total. The fourth-order valence-electron chi connectivity index (χ4n) is 2.95. The molecule has 1 aliphatic rings. The number of hydrogen-bond acceptors (Lipinski definition) is 3. The van der Waals surface area contributed by atoms with E-state index in [4.69, 9.17) is 0 Å². The van der Waals surface area contributed by atoms with Crippen molar-refractivity contribution in [3.05, 3.63) is 0 Å². The van der Waals surface area contributed by atoms with E-state index >= 15 is 0 Å². The molecule has 108 valence electrons. The molecule has 0 aromatic rings. The molecule has 0 amide bonds. The summed E-state index contributed by atoms with van der Waals surface area (Å²) in [6, 6.07) is 0.729. The van der Waals surface area contributed by atoms with Crippen LogP contribution in [-0.2, 0) is 0 Å². The van der Waals surface area contributed by atoms with Crippen molar-refractivity contribution in [1.29, 1.82) is 0 Å². The van der Waals surface area contributed by atoms with Gasteiger partial charge in [0.1, 0.15) is 0 Å². The van der Waals surface area contributed by atoms with Crippen LogP contribution in [0.4, 0.5) is 0 Å². The molecule has 2 nitrogen and oxygen atoms in total. The van der Waals surface area contributed by atoms with Crippen LogP contribution in [0.1, 0.15) is 52.9 Å². The van der Waals surface area contributed by atoms with Crippen molar-refractivity contribution in [2.75, 3.05) is 32.4 Å². The lowest BCUT2D eigenvalue weighted by atomic mass is 9.98. The molecule has 0 aromatic heterocycles. The standard InChI is InChI=1S/C15H32N2S/c1-5-10-16-14-9-8-11-17(12-14)13-15(6-2,7-3)18-4/h14,16H,5-13H2,1-4H3. The van der Waals surface area contributed by atoms with Crippen LogP contribution < -0.4 is 5.32 Å². The zero-order valence-corrected chi connectivity index (χ0v) is 13.6. The summed E-state index contributed by atoms with van der Waals surface area (Å²) in [5.41, 5.74) is 0. The Morgan fingerprint density at radius 1 is 1.28 bits per heavy atom. The summed E-state index contributed by atoms with van der Waals surface area (Å²) >= 11 is 2.07. The lowest BCUT2D eigenvalue weighted by Gasteiger charge is -2.40. The van der Waals surface area contributed by atoms with E-state index in [1.165, 1.54) is 58.3 Å². The van der Waals surface area contributed by atoms with Crippen LogP contribution in [0, 0.1) is 0 Å². The van der Waals surface area contributed by atoms with Gasteiger partial charge in [0.05, 0.1) is 0 Å². The minimum atomic E-state index is 0.479. The average Bonchev–Trinajstić information content (AvgIpc) is 2.43. The molecule has 0 aliphatic carbocycles. The van der Waals surface area contributed by atoms with Gasteiger partial charge in [-0.15, -0.1) is 0 Å². The normalized spacial score (nSPS) is 22.3. The first-order valence-electron chi connectivity index (χ1n) is 7.70. The molecule has 1 heterocycles. The van der Waals surface area contributed by atoms with Crippen molar-refractivity contribution in [1.82, 2.24) is 10.2 Å². The zero-order valence-electron chi connectivity index (χ0n) is 12.8. The van der Waals surface area contributed by atoms with Crippen LogP contribution in [-0.4, -0.2) is 48.1 Å². The van der Waals surface area contributed by atoms with Crippen LogP contribution in [0.2, 0.25) is 0 Å². The largest absolute Gasteiger partial charge is 0.313 e. The Balaban J connectivity index is 2.45. The fraction of sp³-hybridized carbons (Fsp3) is 1.00. The summed E-state index contributed by atoms with van der Waals surface area (Å²) in [5.74, 6) is 0. The lowest BCUT2D eigenvalue weighted by molar-refractivity contribution is 0.171. The molecule has 0 bridgehead atoms. The van der Waals surface area contributed by atoms with Gasteiger partial charge in [-0.05, 0) is 51.4 Å². The lowest BCUT2D eigenvalue weighted by Crippen LogP contribution is -2.50. The molecule has 0 saturated carbocycles. The van der Waals surface area contributed by atoms with E-state index in [-0.39, 0.29) is 0 Å². The van der Waals surface area contributed by atoms with Crippen molar-refractivity contribution in [3.63, 3.8) is 0 Å². The van der Waals surface area contributed by atoms with Crippen LogP contribution in [0.25, 0.3) is 0 Å². The summed E-state index contributed by atoms with van der Waals surface area (Å²) < 4.78 is 0.479. The predicted octanol–water partition coefficient (Wildman–Crippen LogP) is 3.37. The maximum atomic E-state index is 3.69. The molecule has 0 radical (unpaired) electrons. The maximum Gasteiger partial charge on any atom is 0.0279 e. The first-order chi connectivity index (χ1) is 8.69. The number of nitrogens with one attached hydrogen (secondary N) is 1. The van der Waals surface area contributed by atoms with Crippen molar-refractivity contribution < 1.29 is 0 Å². The van der Waals surface area contributed by atoms with E-state index in [1.54, 1.807) is 0 Å². The Hall–Kier alpha value is 0.270. The van der Waals surface area contributed by atoms with Gasteiger partial charge in [0, 0.05) is 23.9 Å². The molecule has 0 spiro atoms. The maximum absolute atomic E-state index is 3.69. The molecule has 1 fully saturated rings. The van der Waals surface area contributed by atoms with Crippen LogP contribution in [0.3, 0.4) is 0 Å². The first kappa shape index (κ1) is 16.3. The third kappa shape index (κ3) is 4.75. The van der Waals surface area contributed by atoms with Crippen molar-refractivity contribution in [2.45, 2.75) is 63.7 Å². The number of rotatable bonds is 8. The van der Waals surface area contributed by atoms with Crippen LogP contribution in [0.15, 0.2) is 0 Å². The van der Waals surface area contributed by atoms with E-state index in [0.29, 0.717) is 4.75 Å². The number of likely N-dealkylation sites (tertiary alicyclic amines) is 1. The van der Waals surface area contributed by atoms with Crippen molar-refractivity contribution >= 4 is 11.8 Å². The van der Waals surface area contributed by atoms with Crippen LogP contribution in [0.5, 0.6) is 0 Å². The minimum absolute atomic E-state index is 0.479. The van der Waals surface area contributed by atoms with Gasteiger partial charge in [-0.3, -0.25) is 0 Å². The quantitative estimate of drug-likeness (QED) is 0.729. The van der Waals surface area contributed by atoms with Crippen molar-refractivity contribution in [3.8, 4) is 0 Å². The molecule has 1 aliphatic heterocycles. The highest BCUT2D eigenvalue weighted by Crippen LogP contribution is 2.32. The molecule has 1 rings (SSSR count). The van der Waals surface area contributed by atoms with E-state index in [1.807, 2.05) is 0 Å². The number of hydrogen-bond donors (Lipinski definition) is 1. The van der Waals surface area contributed by atoms with Gasteiger partial charge in [-0.2, -0.15) is 11.8 Å². The Labute approximate surface area is 118 Å². The minimum Gasteiger partial charge on any atom is -0.313 e. The molecular formula is C15H32N2S. The number of nitrogens with zero attached hydrogens (tertiary/aromatic N) is 1. The highest BCUT2D eigenvalue weighted by atomic mass is 32.2. The Morgan fingerprint density at radius 3 is 2.56 bits per heavy atom. The Morgan fingerprint density at radius 2 is 2.00 bits per heavy atom. The summed E-state index contributed by atoms with van der Waals surface area (Å²) in [4.78, 5) is 2.69. The average molecular weight is 273 g/mol. The topological polar surface area (TPSA) is 15.3 Å². The molecule has 1 saturated heterocycles. The van der Waals surface area contributed by atoms with E-state index in [9.17, 15) is 0 Å². The third-order valence-corrected chi connectivity index (χ3v) is 5.99. The van der Waals surface area contributed by atoms with Gasteiger partial charge < -0.3 is 10.2 Å². The highest BCUT2D eigenvalue weighted by molar-refractivity contribution is 8.00. The monoisotopic (exact) mass is 272 g/mol. The van der Waals surface area contributed by atoms with Gasteiger partial charge >= 0.3 is 0 Å². The molecule has 1 unspecified atom stereocenters. The molecule has 18 heavy (non-hydrogen) atoms. The summed E-state index contributed by atoms with van der Waals surface area (Å²) in [7, 11) is 0. The van der Waals surface area contributed by atoms with Crippen molar-refractivity contribution in [2.24, 2.45) is 0 Å². The number of piperidine rings is 1. The fourth-order valence-corrected chi connectivity index (χ4v) is 3.84. The number of thioether (sulfide) groups is 1. The van der Waals surface area contributed by atoms with E-state index < -0.39 is 0 Å². The molecule has 1 atom stereocenters. The van der Waals surface area contributed by atoms with Crippen LogP contribution >= 0.6 is 11.8 Å². The predicted molar refractivity (Wildman–Crippen MR) is 84.6 cm³/mol. The SMILES string of the molecule is CCCNC1CCCN(CC(CC)(CC)SC)C1. The summed E-state index contributed by atoms with van der Waals surface area (Å²) in [6.07, 6.45) is 8.82. The van der Waals surface area contributed by atoms with E-state index in [0.717, 1.165) is 6.04 Å². The van der Waals surface area contributed by atoms with Gasteiger partial charge in [0.2, 0.25) is 0 Å². The summed E-state index contributed by atoms with van der Waals surface area (Å²) in [6.45, 7) is 11.9. The molecule has 0 aromatic carbocycles. The summed E-state index contributed by atoms with van der Waals surface area (Å²) in [5, 5.41) is 3.69. The molecular weight excluding hydrogens is 240 g/mol. The second kappa shape index (κ2) is 8.44. The first-order valence-corrected chi connectivity index (χ1v) is 8.93. The van der Waals surface area contributed by atoms with Gasteiger partial charge in [-0.25, -0.2) is 0 Å².